The van der Waals surface area contributed by atoms with Gasteiger partial charge in [-0.2, -0.15) is 0 Å². The van der Waals surface area contributed by atoms with Gasteiger partial charge in [-0.3, -0.25) is 53.1 Å². The van der Waals surface area contributed by atoms with Crippen LogP contribution in [-0.4, -0.2) is 156 Å². The van der Waals surface area contributed by atoms with Gasteiger partial charge >= 0.3 is 11.9 Å². The smallest absolute Gasteiger partial charge is 0.328 e. The van der Waals surface area contributed by atoms with Gasteiger partial charge in [-0.25, -0.2) is 4.79 Å². The third-order valence-electron chi connectivity index (χ3n) is 9.62. The molecule has 8 amide bonds. The Kier molecular flexibility index (Phi) is 28.8. The number of carboxylic acid groups (broad SMARTS) is 1. The predicted molar refractivity (Wildman–Crippen MR) is 246 cm³/mol. The zero-order chi connectivity index (χ0) is 52.3. The van der Waals surface area contributed by atoms with Gasteiger partial charge < -0.3 is 86.6 Å². The Morgan fingerprint density at radius 2 is 0.912 bits per heavy atom. The van der Waals surface area contributed by atoms with Crippen molar-refractivity contribution >= 4 is 71.1 Å². The first-order valence-electron chi connectivity index (χ1n) is 21.9. The number of carbonyl (C=O) groups is 10. The van der Waals surface area contributed by atoms with Gasteiger partial charge in [-0.15, -0.1) is 0 Å². The largest absolute Gasteiger partial charge is 0.481 e. The second-order valence-electron chi connectivity index (χ2n) is 16.7. The quantitative estimate of drug-likeness (QED) is 0.0126. The zero-order valence-electron chi connectivity index (χ0n) is 39.5. The number of nitrogens with one attached hydrogen (secondary N) is 7. The van der Waals surface area contributed by atoms with E-state index in [1.54, 1.807) is 13.8 Å². The molecule has 28 heteroatoms. The van der Waals surface area contributed by atoms with E-state index in [0.717, 1.165) is 7.11 Å². The minimum absolute atomic E-state index is 0.0110. The Hall–Kier alpha value is -6.84. The fourth-order valence-corrected chi connectivity index (χ4v) is 6.15. The normalized spacial score (nSPS) is 14.4. The van der Waals surface area contributed by atoms with Crippen LogP contribution in [0.4, 0.5) is 0 Å². The van der Waals surface area contributed by atoms with Gasteiger partial charge in [-0.05, 0) is 63.7 Å². The summed E-state index contributed by atoms with van der Waals surface area (Å²) in [6.45, 7) is 7.44. The van der Waals surface area contributed by atoms with Gasteiger partial charge in [0, 0.05) is 19.5 Å². The van der Waals surface area contributed by atoms with Crippen LogP contribution in [0.1, 0.15) is 92.4 Å². The highest BCUT2D eigenvalue weighted by Gasteiger charge is 2.34. The monoisotopic (exact) mass is 972 g/mol. The van der Waals surface area contributed by atoms with Crippen LogP contribution < -0.4 is 71.6 Å². The van der Waals surface area contributed by atoms with E-state index < -0.39 is 127 Å². The summed E-state index contributed by atoms with van der Waals surface area (Å²) in [4.78, 5) is 137. The molecular weight excluding hydrogens is 899 g/mol. The number of primary amides is 1. The lowest BCUT2D eigenvalue weighted by Gasteiger charge is -2.28. The van der Waals surface area contributed by atoms with Crippen molar-refractivity contribution in [2.75, 3.05) is 26.8 Å². The number of nitrogens with two attached hydrogens (primary N) is 6. The molecule has 0 fully saturated rings. The van der Waals surface area contributed by atoms with E-state index in [0.29, 0.717) is 0 Å². The number of amides is 8. The van der Waals surface area contributed by atoms with E-state index in [4.69, 9.17) is 44.2 Å². The number of aliphatic hydroxyl groups excluding tert-OH is 1. The molecule has 28 nitrogen and oxygen atoms in total. The molecule has 68 heavy (non-hydrogen) atoms. The van der Waals surface area contributed by atoms with Gasteiger partial charge in [-0.1, -0.05) is 27.7 Å². The number of esters is 1. The highest BCUT2D eigenvalue weighted by Crippen LogP contribution is 2.11. The first-order valence-corrected chi connectivity index (χ1v) is 21.9. The number of aliphatic carboxylic acids is 1. The molecule has 0 bridgehead atoms. The van der Waals surface area contributed by atoms with E-state index >= 15 is 0 Å². The summed E-state index contributed by atoms with van der Waals surface area (Å²) in [7, 11) is 1.15. The summed E-state index contributed by atoms with van der Waals surface area (Å²) in [5, 5.41) is 35.8. The fourth-order valence-electron chi connectivity index (χ4n) is 6.15. The molecule has 0 radical (unpaired) electrons. The molecule has 0 aliphatic carbocycles. The number of aliphatic hydroxyl groups is 1. The van der Waals surface area contributed by atoms with Crippen molar-refractivity contribution in [1.29, 1.82) is 0 Å². The number of aliphatic imine (C=N–C) groups is 2. The van der Waals surface area contributed by atoms with E-state index in [9.17, 15) is 53.1 Å². The van der Waals surface area contributed by atoms with Gasteiger partial charge in [0.25, 0.3) is 0 Å². The zero-order valence-corrected chi connectivity index (χ0v) is 39.5. The Morgan fingerprint density at radius 3 is 1.32 bits per heavy atom. The molecule has 0 heterocycles. The van der Waals surface area contributed by atoms with Crippen LogP contribution in [0.5, 0.6) is 0 Å². The van der Waals surface area contributed by atoms with Crippen LogP contribution in [0.2, 0.25) is 0 Å². The fraction of sp³-hybridized carbons (Fsp3) is 0.700. The van der Waals surface area contributed by atoms with Crippen LogP contribution in [0, 0.1) is 11.8 Å². The first-order chi connectivity index (χ1) is 31.7. The molecular formula is C40H73N15O13. The maximum atomic E-state index is 14.0. The number of carboxylic acids is 1. The maximum Gasteiger partial charge on any atom is 0.328 e. The molecule has 0 aromatic carbocycles. The number of ether oxygens (including phenoxy) is 1. The van der Waals surface area contributed by atoms with E-state index in [1.165, 1.54) is 6.92 Å². The SMILES string of the molecule is COC(=O)[C@H](CC(C)C)NC(=O)[C@H](CCCN=C(N)N)NC(=O)[C@H](CCC(N)=O)NC(=O)[C@H](CC(C)C)NC(=O)[C@H](CCCN=C(N)N)NC(=O)[C@H](C)NC(=O)[C@H](CO)NC(=O)[C@@H](N)CC(=O)O. The summed E-state index contributed by atoms with van der Waals surface area (Å²) in [6, 6.07) is -11.3. The average Bonchev–Trinajstić information content (AvgIpc) is 3.23. The van der Waals surface area contributed by atoms with Crippen molar-refractivity contribution in [3.63, 3.8) is 0 Å². The number of nitrogens with zero attached hydrogens (tertiary/aromatic N) is 2. The van der Waals surface area contributed by atoms with E-state index in [1.807, 2.05) is 13.8 Å². The van der Waals surface area contributed by atoms with Crippen molar-refractivity contribution in [2.45, 2.75) is 141 Å². The van der Waals surface area contributed by atoms with Crippen LogP contribution in [0.25, 0.3) is 0 Å². The Balaban J connectivity index is 6.59. The van der Waals surface area contributed by atoms with Crippen LogP contribution in [-0.2, 0) is 52.7 Å². The van der Waals surface area contributed by atoms with Crippen LogP contribution in [0.15, 0.2) is 9.98 Å². The van der Waals surface area contributed by atoms with Crippen molar-refractivity contribution in [1.82, 2.24) is 37.2 Å². The number of hydrogen-bond acceptors (Lipinski definition) is 15. The molecule has 0 unspecified atom stereocenters. The van der Waals surface area contributed by atoms with Crippen molar-refractivity contribution < 1.29 is 62.9 Å². The average molecular weight is 972 g/mol. The highest BCUT2D eigenvalue weighted by atomic mass is 16.5. The van der Waals surface area contributed by atoms with Crippen molar-refractivity contribution in [3.05, 3.63) is 0 Å². The van der Waals surface area contributed by atoms with Crippen molar-refractivity contribution in [3.8, 4) is 0 Å². The Bertz CT molecular complexity index is 1790. The third kappa shape index (κ3) is 25.7. The summed E-state index contributed by atoms with van der Waals surface area (Å²) < 4.78 is 4.85. The lowest BCUT2D eigenvalue weighted by Crippen LogP contribution is -2.60. The summed E-state index contributed by atoms with van der Waals surface area (Å²) in [5.74, 6) is -10.3. The van der Waals surface area contributed by atoms with Crippen molar-refractivity contribution in [2.24, 2.45) is 56.2 Å². The minimum atomic E-state index is -1.65. The second kappa shape index (κ2) is 32.0. The lowest BCUT2D eigenvalue weighted by atomic mass is 10.0. The van der Waals surface area contributed by atoms with Gasteiger partial charge in [0.1, 0.15) is 42.3 Å². The topological polar surface area (TPSA) is 485 Å². The van der Waals surface area contributed by atoms with Gasteiger partial charge in [0.05, 0.1) is 26.2 Å². The molecule has 386 valence electrons. The van der Waals surface area contributed by atoms with Crippen LogP contribution >= 0.6 is 0 Å². The number of guanidine groups is 2. The van der Waals surface area contributed by atoms with E-state index in [2.05, 4.69) is 47.2 Å². The molecule has 0 saturated carbocycles. The molecule has 0 rings (SSSR count). The minimum Gasteiger partial charge on any atom is -0.481 e. The third-order valence-corrected chi connectivity index (χ3v) is 9.62. The highest BCUT2D eigenvalue weighted by molar-refractivity contribution is 5.98. The second-order valence-corrected chi connectivity index (χ2v) is 16.7. The molecule has 0 spiro atoms. The van der Waals surface area contributed by atoms with E-state index in [-0.39, 0.29) is 81.8 Å². The molecule has 0 aliphatic heterocycles. The molecule has 0 aromatic rings. The lowest BCUT2D eigenvalue weighted by molar-refractivity contribution is -0.146. The molecule has 0 aromatic heterocycles. The first kappa shape index (κ1) is 61.2. The predicted octanol–water partition coefficient (Wildman–Crippen LogP) is -6.17. The standard InChI is InChI=1S/C40H73N15O13/c1-19(2)15-26(53-33(62)23(9-7-13-47-39(43)44)50-31(60)21(5)49-37(66)28(18-56)55-32(61)22(41)17-30(58)59)36(65)52-25(11-12-29(42)57)35(64)51-24(10-8-14-48-40(45)46)34(63)54-27(16-20(3)4)38(67)68-6/h19-28,56H,7-18,41H2,1-6H3,(H2,42,57)(H,49,66)(H,50,60)(H,51,64)(H,52,65)(H,53,62)(H,54,63)(H,55,61)(H,58,59)(H4,43,44,47)(H4,45,46,48)/t21-,22-,23-,24-,25-,26-,27-,28-/m0/s1. The molecule has 8 atom stereocenters. The summed E-state index contributed by atoms with van der Waals surface area (Å²) >= 11 is 0. The summed E-state index contributed by atoms with van der Waals surface area (Å²) in [5.41, 5.74) is 32.6. The molecule has 21 N–H and O–H groups in total. The number of rotatable bonds is 33. The van der Waals surface area contributed by atoms with Crippen LogP contribution in [0.3, 0.4) is 0 Å². The number of methoxy groups -OCH3 is 1. The van der Waals surface area contributed by atoms with Gasteiger partial charge in [0.2, 0.25) is 47.3 Å². The molecule has 0 saturated heterocycles. The van der Waals surface area contributed by atoms with Gasteiger partial charge in [0.15, 0.2) is 11.9 Å². The molecule has 0 aliphatic rings. The number of hydrogen-bond donors (Lipinski definition) is 15. The Morgan fingerprint density at radius 1 is 0.529 bits per heavy atom. The summed E-state index contributed by atoms with van der Waals surface area (Å²) in [6.07, 6.45) is -1.23. The number of carbonyl (C=O) groups excluding carboxylic acids is 9. The Labute approximate surface area is 394 Å². The maximum absolute atomic E-state index is 14.0.